The normalized spacial score (nSPS) is 13.8. The number of nitrogens with two attached hydrogens (primary N) is 1. The summed E-state index contributed by atoms with van der Waals surface area (Å²) in [7, 11) is 0. The molecule has 0 radical (unpaired) electrons. The first-order chi connectivity index (χ1) is 9.65. The predicted octanol–water partition coefficient (Wildman–Crippen LogP) is 4.15. The summed E-state index contributed by atoms with van der Waals surface area (Å²) in [5.41, 5.74) is 6.33. The molecule has 20 heavy (non-hydrogen) atoms. The lowest BCUT2D eigenvalue weighted by Gasteiger charge is -2.28. The summed E-state index contributed by atoms with van der Waals surface area (Å²) < 4.78 is 11.4. The van der Waals surface area contributed by atoms with Gasteiger partial charge in [-0.1, -0.05) is 38.8 Å². The molecule has 0 aliphatic rings. The molecular weight excluding hydrogens is 250 g/mol. The summed E-state index contributed by atoms with van der Waals surface area (Å²) >= 11 is 0. The average Bonchev–Trinajstić information content (AvgIpc) is 2.47. The van der Waals surface area contributed by atoms with Crippen LogP contribution in [0.15, 0.2) is 24.3 Å². The van der Waals surface area contributed by atoms with Crippen LogP contribution >= 0.6 is 0 Å². The van der Waals surface area contributed by atoms with Crippen LogP contribution in [0, 0.1) is 0 Å². The monoisotopic (exact) mass is 279 g/mol. The van der Waals surface area contributed by atoms with Crippen molar-refractivity contribution in [3.63, 3.8) is 0 Å². The van der Waals surface area contributed by atoms with E-state index in [0.717, 1.165) is 30.8 Å². The van der Waals surface area contributed by atoms with E-state index in [1.165, 1.54) is 12.8 Å². The summed E-state index contributed by atoms with van der Waals surface area (Å²) in [6.45, 7) is 7.61. The van der Waals surface area contributed by atoms with Crippen molar-refractivity contribution in [1.29, 1.82) is 0 Å². The van der Waals surface area contributed by atoms with Gasteiger partial charge in [-0.25, -0.2) is 0 Å². The fraction of sp³-hybridized carbons (Fsp3) is 0.647. The van der Waals surface area contributed by atoms with E-state index in [9.17, 15) is 0 Å². The summed E-state index contributed by atoms with van der Waals surface area (Å²) in [5.74, 6) is 1.62. The lowest BCUT2D eigenvalue weighted by Crippen LogP contribution is -2.40. The number of hydrogen-bond donors (Lipinski definition) is 1. The minimum atomic E-state index is -0.101. The van der Waals surface area contributed by atoms with Gasteiger partial charge >= 0.3 is 0 Å². The Labute approximate surface area is 123 Å². The molecule has 0 saturated heterocycles. The fourth-order valence-electron chi connectivity index (χ4n) is 2.22. The number of unbranched alkanes of at least 4 members (excludes halogenated alkanes) is 1. The topological polar surface area (TPSA) is 44.5 Å². The van der Waals surface area contributed by atoms with Crippen LogP contribution in [0.25, 0.3) is 0 Å². The highest BCUT2D eigenvalue weighted by Gasteiger charge is 2.22. The first-order valence-corrected chi connectivity index (χ1v) is 7.78. The van der Waals surface area contributed by atoms with Gasteiger partial charge in [0.25, 0.3) is 0 Å². The Morgan fingerprint density at radius 1 is 1.00 bits per heavy atom. The highest BCUT2D eigenvalue weighted by molar-refractivity contribution is 5.39. The van der Waals surface area contributed by atoms with Crippen LogP contribution in [-0.4, -0.2) is 18.8 Å². The molecule has 0 amide bonds. The van der Waals surface area contributed by atoms with Crippen LogP contribution in [0.3, 0.4) is 0 Å². The van der Waals surface area contributed by atoms with Crippen molar-refractivity contribution in [2.45, 2.75) is 58.4 Å². The predicted molar refractivity (Wildman–Crippen MR) is 84.5 cm³/mol. The van der Waals surface area contributed by atoms with E-state index < -0.39 is 0 Å². The van der Waals surface area contributed by atoms with E-state index in [-0.39, 0.29) is 5.54 Å². The minimum absolute atomic E-state index is 0.101. The third-order valence-electron chi connectivity index (χ3n) is 3.74. The summed E-state index contributed by atoms with van der Waals surface area (Å²) in [6.07, 6.45) is 5.30. The molecule has 0 fully saturated rings. The van der Waals surface area contributed by atoms with Crippen molar-refractivity contribution < 1.29 is 9.47 Å². The largest absolute Gasteiger partial charge is 0.490 e. The van der Waals surface area contributed by atoms with Gasteiger partial charge in [-0.15, -0.1) is 0 Å². The minimum Gasteiger partial charge on any atom is -0.490 e. The molecule has 1 aromatic rings. The van der Waals surface area contributed by atoms with Gasteiger partial charge in [0.15, 0.2) is 11.5 Å². The van der Waals surface area contributed by atoms with Gasteiger partial charge in [0.05, 0.1) is 13.2 Å². The van der Waals surface area contributed by atoms with Crippen molar-refractivity contribution in [3.8, 4) is 11.5 Å². The summed E-state index contributed by atoms with van der Waals surface area (Å²) in [6, 6.07) is 7.80. The van der Waals surface area contributed by atoms with Gasteiger partial charge in [0.2, 0.25) is 0 Å². The molecule has 0 heterocycles. The number of rotatable bonds is 10. The number of benzene rings is 1. The smallest absolute Gasteiger partial charge is 0.161 e. The highest BCUT2D eigenvalue weighted by atomic mass is 16.5. The molecule has 1 unspecified atom stereocenters. The van der Waals surface area contributed by atoms with Crippen molar-refractivity contribution in [3.05, 3.63) is 24.3 Å². The first kappa shape index (κ1) is 16.8. The number of ether oxygens (including phenoxy) is 2. The standard InChI is InChI=1S/C17H29NO2/c1-4-7-12-17(18,5-2)13-14-20-16-11-9-8-10-15(16)19-6-3/h8-11H,4-7,12-14,18H2,1-3H3. The molecule has 0 aliphatic carbocycles. The molecule has 0 spiro atoms. The van der Waals surface area contributed by atoms with Crippen LogP contribution in [0.4, 0.5) is 0 Å². The van der Waals surface area contributed by atoms with Crippen LogP contribution in [0.1, 0.15) is 52.9 Å². The zero-order valence-corrected chi connectivity index (χ0v) is 13.2. The molecule has 3 nitrogen and oxygen atoms in total. The molecule has 2 N–H and O–H groups in total. The Morgan fingerprint density at radius 3 is 2.20 bits per heavy atom. The van der Waals surface area contributed by atoms with Gasteiger partial charge in [-0.05, 0) is 38.3 Å². The molecule has 1 atom stereocenters. The average molecular weight is 279 g/mol. The molecule has 1 rings (SSSR count). The molecular formula is C17H29NO2. The first-order valence-electron chi connectivity index (χ1n) is 7.78. The van der Waals surface area contributed by atoms with E-state index in [2.05, 4.69) is 13.8 Å². The van der Waals surface area contributed by atoms with Crippen molar-refractivity contribution in [1.82, 2.24) is 0 Å². The highest BCUT2D eigenvalue weighted by Crippen LogP contribution is 2.27. The van der Waals surface area contributed by atoms with Crippen molar-refractivity contribution in [2.24, 2.45) is 5.73 Å². The third-order valence-corrected chi connectivity index (χ3v) is 3.74. The van der Waals surface area contributed by atoms with E-state index >= 15 is 0 Å². The van der Waals surface area contributed by atoms with Gasteiger partial charge in [-0.2, -0.15) is 0 Å². The second-order valence-corrected chi connectivity index (χ2v) is 5.30. The second-order valence-electron chi connectivity index (χ2n) is 5.30. The summed E-state index contributed by atoms with van der Waals surface area (Å²) in [5, 5.41) is 0. The Morgan fingerprint density at radius 2 is 1.65 bits per heavy atom. The maximum Gasteiger partial charge on any atom is 0.161 e. The zero-order chi connectivity index (χ0) is 14.8. The zero-order valence-electron chi connectivity index (χ0n) is 13.2. The molecule has 0 aromatic heterocycles. The second kappa shape index (κ2) is 8.85. The van der Waals surface area contributed by atoms with Crippen LogP contribution in [-0.2, 0) is 0 Å². The van der Waals surface area contributed by atoms with Crippen LogP contribution in [0.5, 0.6) is 11.5 Å². The number of para-hydroxylation sites is 2. The molecule has 3 heteroatoms. The van der Waals surface area contributed by atoms with Gasteiger partial charge < -0.3 is 15.2 Å². The Hall–Kier alpha value is -1.22. The van der Waals surface area contributed by atoms with Gasteiger partial charge in [0, 0.05) is 5.54 Å². The van der Waals surface area contributed by atoms with E-state index in [1.54, 1.807) is 0 Å². The SMILES string of the molecule is CCCCC(N)(CC)CCOc1ccccc1OCC. The third kappa shape index (κ3) is 5.41. The molecule has 0 bridgehead atoms. The van der Waals surface area contributed by atoms with Gasteiger partial charge in [-0.3, -0.25) is 0 Å². The van der Waals surface area contributed by atoms with Crippen LogP contribution < -0.4 is 15.2 Å². The van der Waals surface area contributed by atoms with E-state index in [0.29, 0.717) is 13.2 Å². The lowest BCUT2D eigenvalue weighted by molar-refractivity contribution is 0.228. The van der Waals surface area contributed by atoms with Gasteiger partial charge in [0.1, 0.15) is 0 Å². The van der Waals surface area contributed by atoms with Crippen molar-refractivity contribution >= 4 is 0 Å². The summed E-state index contributed by atoms with van der Waals surface area (Å²) in [4.78, 5) is 0. The maximum atomic E-state index is 6.43. The van der Waals surface area contributed by atoms with Crippen molar-refractivity contribution in [2.75, 3.05) is 13.2 Å². The van der Waals surface area contributed by atoms with E-state index in [4.69, 9.17) is 15.2 Å². The Kier molecular flexibility index (Phi) is 7.45. The molecule has 0 aliphatic heterocycles. The fourth-order valence-corrected chi connectivity index (χ4v) is 2.22. The number of hydrogen-bond acceptors (Lipinski definition) is 3. The maximum absolute atomic E-state index is 6.43. The molecule has 1 aromatic carbocycles. The van der Waals surface area contributed by atoms with Crippen LogP contribution in [0.2, 0.25) is 0 Å². The Balaban J connectivity index is 2.50. The Bertz CT molecular complexity index is 381. The molecule has 0 saturated carbocycles. The molecule has 114 valence electrons. The van der Waals surface area contributed by atoms with E-state index in [1.807, 2.05) is 31.2 Å². The quantitative estimate of drug-likeness (QED) is 0.699. The lowest BCUT2D eigenvalue weighted by atomic mass is 9.88.